The van der Waals surface area contributed by atoms with Crippen LogP contribution in [0.25, 0.3) is 0 Å². The number of nitrogens with one attached hydrogen (secondary N) is 1. The molecule has 132 valence electrons. The standard InChI is InChI=1S/C16H15BrN2O5S/c1-9(15(22)19-16-12(14(18)21)6-7-25-16)24-13(20)8-23-11-4-2-10(17)3-5-11/h2-7,9H,8H2,1H3,(H2,18,21)(H,19,22). The first kappa shape index (κ1) is 18.9. The zero-order chi connectivity index (χ0) is 18.4. The molecule has 9 heteroatoms. The first-order chi connectivity index (χ1) is 11.9. The van der Waals surface area contributed by atoms with Crippen LogP contribution in [0.2, 0.25) is 0 Å². The molecule has 0 radical (unpaired) electrons. The van der Waals surface area contributed by atoms with Crippen LogP contribution in [-0.4, -0.2) is 30.5 Å². The molecule has 1 atom stereocenters. The first-order valence-corrected chi connectivity index (χ1v) is 8.80. The largest absolute Gasteiger partial charge is 0.482 e. The summed E-state index contributed by atoms with van der Waals surface area (Å²) in [6, 6.07) is 8.43. The first-order valence-electron chi connectivity index (χ1n) is 7.13. The number of thiophene rings is 1. The van der Waals surface area contributed by atoms with E-state index in [1.807, 2.05) is 0 Å². The maximum absolute atomic E-state index is 12.1. The number of ether oxygens (including phenoxy) is 2. The molecular weight excluding hydrogens is 412 g/mol. The summed E-state index contributed by atoms with van der Waals surface area (Å²) in [5.74, 6) is -1.40. The molecule has 0 spiro atoms. The van der Waals surface area contributed by atoms with Crippen molar-refractivity contribution < 1.29 is 23.9 Å². The van der Waals surface area contributed by atoms with E-state index in [0.29, 0.717) is 10.8 Å². The van der Waals surface area contributed by atoms with Gasteiger partial charge in [0, 0.05) is 4.47 Å². The average molecular weight is 427 g/mol. The van der Waals surface area contributed by atoms with E-state index in [0.717, 1.165) is 15.8 Å². The van der Waals surface area contributed by atoms with Crippen LogP contribution in [0.3, 0.4) is 0 Å². The maximum Gasteiger partial charge on any atom is 0.344 e. The zero-order valence-corrected chi connectivity index (χ0v) is 15.6. The van der Waals surface area contributed by atoms with E-state index in [9.17, 15) is 14.4 Å². The van der Waals surface area contributed by atoms with E-state index in [4.69, 9.17) is 15.2 Å². The summed E-state index contributed by atoms with van der Waals surface area (Å²) in [4.78, 5) is 35.0. The molecule has 0 saturated heterocycles. The minimum Gasteiger partial charge on any atom is -0.482 e. The Labute approximate surface area is 156 Å². The van der Waals surface area contributed by atoms with E-state index in [1.54, 1.807) is 29.6 Å². The van der Waals surface area contributed by atoms with Crippen molar-refractivity contribution in [3.63, 3.8) is 0 Å². The molecule has 2 amide bonds. The molecule has 3 N–H and O–H groups in total. The lowest BCUT2D eigenvalue weighted by atomic mass is 10.3. The third-order valence-electron chi connectivity index (χ3n) is 3.02. The Morgan fingerprint density at radius 1 is 1.24 bits per heavy atom. The molecule has 0 aliphatic rings. The molecule has 0 saturated carbocycles. The fourth-order valence-corrected chi connectivity index (χ4v) is 2.83. The summed E-state index contributed by atoms with van der Waals surface area (Å²) >= 11 is 4.44. The molecule has 0 aliphatic carbocycles. The minimum absolute atomic E-state index is 0.204. The van der Waals surface area contributed by atoms with Crippen molar-refractivity contribution in [1.29, 1.82) is 0 Å². The number of amides is 2. The highest BCUT2D eigenvalue weighted by Crippen LogP contribution is 2.23. The van der Waals surface area contributed by atoms with Crippen LogP contribution < -0.4 is 15.8 Å². The number of carbonyl (C=O) groups is 3. The minimum atomic E-state index is -1.05. The molecule has 0 bridgehead atoms. The number of nitrogens with two attached hydrogens (primary N) is 1. The summed E-state index contributed by atoms with van der Waals surface area (Å²) in [7, 11) is 0. The number of anilines is 1. The Bertz CT molecular complexity index is 775. The second-order valence-corrected chi connectivity index (χ2v) is 6.72. The van der Waals surface area contributed by atoms with Gasteiger partial charge in [0.25, 0.3) is 11.8 Å². The van der Waals surface area contributed by atoms with Gasteiger partial charge in [-0.1, -0.05) is 15.9 Å². The third-order valence-corrected chi connectivity index (χ3v) is 4.37. The van der Waals surface area contributed by atoms with E-state index >= 15 is 0 Å². The number of hydrogen-bond acceptors (Lipinski definition) is 6. The van der Waals surface area contributed by atoms with Crippen molar-refractivity contribution in [2.24, 2.45) is 5.73 Å². The van der Waals surface area contributed by atoms with E-state index in [1.165, 1.54) is 13.0 Å². The predicted molar refractivity (Wildman–Crippen MR) is 96.7 cm³/mol. The number of esters is 1. The van der Waals surface area contributed by atoms with E-state index in [2.05, 4.69) is 21.2 Å². The van der Waals surface area contributed by atoms with Crippen LogP contribution in [0.5, 0.6) is 5.75 Å². The quantitative estimate of drug-likeness (QED) is 0.661. The number of benzene rings is 1. The number of halogens is 1. The summed E-state index contributed by atoms with van der Waals surface area (Å²) in [6.45, 7) is 1.09. The van der Waals surface area contributed by atoms with Crippen molar-refractivity contribution in [3.05, 3.63) is 45.7 Å². The third kappa shape index (κ3) is 5.57. The molecule has 1 aromatic heterocycles. The average Bonchev–Trinajstić information content (AvgIpc) is 3.02. The SMILES string of the molecule is CC(OC(=O)COc1ccc(Br)cc1)C(=O)Nc1sccc1C(N)=O. The van der Waals surface area contributed by atoms with Gasteiger partial charge in [-0.2, -0.15) is 0 Å². The van der Waals surface area contributed by atoms with Crippen LogP contribution in [0.15, 0.2) is 40.2 Å². The van der Waals surface area contributed by atoms with Gasteiger partial charge in [0.15, 0.2) is 12.7 Å². The Kier molecular flexibility index (Phi) is 6.54. The molecule has 0 fully saturated rings. The van der Waals surface area contributed by atoms with Crippen molar-refractivity contribution in [2.75, 3.05) is 11.9 Å². The second-order valence-electron chi connectivity index (χ2n) is 4.89. The topological polar surface area (TPSA) is 108 Å². The van der Waals surface area contributed by atoms with Gasteiger partial charge in [-0.05, 0) is 42.6 Å². The van der Waals surface area contributed by atoms with Crippen LogP contribution in [0.1, 0.15) is 17.3 Å². The monoisotopic (exact) mass is 426 g/mol. The summed E-state index contributed by atoms with van der Waals surface area (Å²) in [6.07, 6.45) is -1.05. The zero-order valence-electron chi connectivity index (χ0n) is 13.2. The van der Waals surface area contributed by atoms with Gasteiger partial charge in [-0.15, -0.1) is 11.3 Å². The van der Waals surface area contributed by atoms with Crippen LogP contribution in [0.4, 0.5) is 5.00 Å². The lowest BCUT2D eigenvalue weighted by molar-refractivity contribution is -0.155. The second kappa shape index (κ2) is 8.63. The van der Waals surface area contributed by atoms with Crippen molar-refractivity contribution >= 4 is 50.1 Å². The Morgan fingerprint density at radius 3 is 2.56 bits per heavy atom. The molecule has 2 rings (SSSR count). The maximum atomic E-state index is 12.1. The molecule has 0 aliphatic heterocycles. The Hall–Kier alpha value is -2.39. The van der Waals surface area contributed by atoms with Crippen molar-refractivity contribution in [2.45, 2.75) is 13.0 Å². The molecular formula is C16H15BrN2O5S. The highest BCUT2D eigenvalue weighted by molar-refractivity contribution is 9.10. The van der Waals surface area contributed by atoms with Crippen LogP contribution >= 0.6 is 27.3 Å². The van der Waals surface area contributed by atoms with Gasteiger partial charge in [0.2, 0.25) is 0 Å². The van der Waals surface area contributed by atoms with Gasteiger partial charge in [0.05, 0.1) is 5.56 Å². The molecule has 25 heavy (non-hydrogen) atoms. The van der Waals surface area contributed by atoms with Crippen LogP contribution in [-0.2, 0) is 14.3 Å². The number of rotatable bonds is 7. The van der Waals surface area contributed by atoms with Gasteiger partial charge in [-0.25, -0.2) is 4.79 Å². The van der Waals surface area contributed by atoms with Gasteiger partial charge in [0.1, 0.15) is 10.8 Å². The summed E-state index contributed by atoms with van der Waals surface area (Å²) in [5.41, 5.74) is 5.41. The van der Waals surface area contributed by atoms with Crippen LogP contribution in [0, 0.1) is 0 Å². The summed E-state index contributed by atoms with van der Waals surface area (Å²) in [5, 5.41) is 4.45. The smallest absolute Gasteiger partial charge is 0.344 e. The molecule has 1 heterocycles. The molecule has 1 aromatic carbocycles. The lowest BCUT2D eigenvalue weighted by Gasteiger charge is -2.13. The fraction of sp³-hybridized carbons (Fsp3) is 0.188. The lowest BCUT2D eigenvalue weighted by Crippen LogP contribution is -2.32. The highest BCUT2D eigenvalue weighted by atomic mass is 79.9. The normalized spacial score (nSPS) is 11.4. The highest BCUT2D eigenvalue weighted by Gasteiger charge is 2.20. The van der Waals surface area contributed by atoms with E-state index in [-0.39, 0.29) is 12.2 Å². The van der Waals surface area contributed by atoms with Gasteiger partial charge < -0.3 is 20.5 Å². The Morgan fingerprint density at radius 2 is 1.92 bits per heavy atom. The molecule has 1 unspecified atom stereocenters. The summed E-state index contributed by atoms with van der Waals surface area (Å²) < 4.78 is 11.2. The van der Waals surface area contributed by atoms with Crippen molar-refractivity contribution in [3.8, 4) is 5.75 Å². The van der Waals surface area contributed by atoms with E-state index < -0.39 is 23.9 Å². The number of primary amides is 1. The molecule has 2 aromatic rings. The number of carbonyl (C=O) groups excluding carboxylic acids is 3. The Balaban J connectivity index is 1.83. The van der Waals surface area contributed by atoms with Gasteiger partial charge in [-0.3, -0.25) is 9.59 Å². The predicted octanol–water partition coefficient (Wildman–Crippen LogP) is 2.56. The van der Waals surface area contributed by atoms with Crippen molar-refractivity contribution in [1.82, 2.24) is 0 Å². The molecule has 7 nitrogen and oxygen atoms in total. The van der Waals surface area contributed by atoms with Gasteiger partial charge >= 0.3 is 5.97 Å². The number of hydrogen-bond donors (Lipinski definition) is 2. The fourth-order valence-electron chi connectivity index (χ4n) is 1.77.